The van der Waals surface area contributed by atoms with Crippen LogP contribution in [0.25, 0.3) is 21.7 Å². The molecule has 3 aromatic rings. The lowest BCUT2D eigenvalue weighted by Gasteiger charge is -2.05. The molecule has 24 heavy (non-hydrogen) atoms. The van der Waals surface area contributed by atoms with Gasteiger partial charge in [0.05, 0.1) is 29.8 Å². The summed E-state index contributed by atoms with van der Waals surface area (Å²) in [6.45, 7) is 0.595. The smallest absolute Gasteiger partial charge is 0.118 e. The molecule has 0 amide bonds. The lowest BCUT2D eigenvalue weighted by atomic mass is 10.1. The van der Waals surface area contributed by atoms with Gasteiger partial charge < -0.3 is 15.2 Å². The van der Waals surface area contributed by atoms with Gasteiger partial charge in [0.25, 0.3) is 0 Å². The van der Waals surface area contributed by atoms with Crippen molar-refractivity contribution in [2.45, 2.75) is 6.42 Å². The molecule has 3 rings (SSSR count). The van der Waals surface area contributed by atoms with Crippen molar-refractivity contribution in [3.8, 4) is 33.2 Å². The molecule has 0 bridgehead atoms. The highest BCUT2D eigenvalue weighted by molar-refractivity contribution is 7.15. The molecule has 0 radical (unpaired) electrons. The van der Waals surface area contributed by atoms with Crippen molar-refractivity contribution in [3.05, 3.63) is 53.5 Å². The Morgan fingerprint density at radius 2 is 1.42 bits per heavy atom. The maximum absolute atomic E-state index is 5.71. The van der Waals surface area contributed by atoms with Crippen molar-refractivity contribution < 1.29 is 9.47 Å². The van der Waals surface area contributed by atoms with Gasteiger partial charge in [-0.3, -0.25) is 0 Å². The Labute approximate surface area is 145 Å². The molecule has 0 aliphatic heterocycles. The molecule has 0 aliphatic carbocycles. The number of methoxy groups -OCH3 is 2. The summed E-state index contributed by atoms with van der Waals surface area (Å²) in [5.41, 5.74) is 8.89. The first kappa shape index (κ1) is 16.5. The third kappa shape index (κ3) is 3.42. The standard InChI is InChI=1S/C19H20N2O2S/c1-22-15-7-3-13(4-8-15)18-19(24-17(21-18)11-12-20)14-5-9-16(23-2)10-6-14/h3-10H,11-12,20H2,1-2H3. The number of rotatable bonds is 6. The van der Waals surface area contributed by atoms with E-state index < -0.39 is 0 Å². The van der Waals surface area contributed by atoms with Crippen LogP contribution < -0.4 is 15.2 Å². The average Bonchev–Trinajstić information content (AvgIpc) is 3.06. The van der Waals surface area contributed by atoms with Gasteiger partial charge in [0, 0.05) is 12.0 Å². The van der Waals surface area contributed by atoms with Crippen molar-refractivity contribution in [2.24, 2.45) is 5.73 Å². The Hall–Kier alpha value is -2.37. The maximum atomic E-state index is 5.71. The number of benzene rings is 2. The van der Waals surface area contributed by atoms with Gasteiger partial charge in [0.1, 0.15) is 11.5 Å². The van der Waals surface area contributed by atoms with E-state index in [0.717, 1.165) is 44.6 Å². The lowest BCUT2D eigenvalue weighted by molar-refractivity contribution is 0.414. The van der Waals surface area contributed by atoms with Gasteiger partial charge in [-0.25, -0.2) is 4.98 Å². The van der Waals surface area contributed by atoms with Crippen molar-refractivity contribution in [1.29, 1.82) is 0 Å². The molecule has 124 valence electrons. The fourth-order valence-corrected chi connectivity index (χ4v) is 3.58. The summed E-state index contributed by atoms with van der Waals surface area (Å²) in [5.74, 6) is 1.68. The van der Waals surface area contributed by atoms with E-state index in [1.807, 2.05) is 36.4 Å². The molecule has 0 saturated heterocycles. The van der Waals surface area contributed by atoms with Gasteiger partial charge >= 0.3 is 0 Å². The third-order valence-electron chi connectivity index (χ3n) is 3.75. The molecule has 2 aromatic carbocycles. The molecule has 4 nitrogen and oxygen atoms in total. The minimum atomic E-state index is 0.595. The number of nitrogens with zero attached hydrogens (tertiary/aromatic N) is 1. The maximum Gasteiger partial charge on any atom is 0.118 e. The van der Waals surface area contributed by atoms with Crippen LogP contribution in [-0.4, -0.2) is 25.7 Å². The molecule has 5 heteroatoms. The van der Waals surface area contributed by atoms with Gasteiger partial charge in [-0.05, 0) is 60.6 Å². The summed E-state index contributed by atoms with van der Waals surface area (Å²) in [6.07, 6.45) is 0.782. The van der Waals surface area contributed by atoms with Crippen LogP contribution >= 0.6 is 11.3 Å². The topological polar surface area (TPSA) is 57.4 Å². The fraction of sp³-hybridized carbons (Fsp3) is 0.211. The summed E-state index contributed by atoms with van der Waals surface area (Å²) >= 11 is 1.69. The van der Waals surface area contributed by atoms with E-state index in [4.69, 9.17) is 20.2 Å². The highest BCUT2D eigenvalue weighted by Crippen LogP contribution is 2.38. The second-order valence-electron chi connectivity index (χ2n) is 5.28. The van der Waals surface area contributed by atoms with Gasteiger partial charge in [0.15, 0.2) is 0 Å². The van der Waals surface area contributed by atoms with E-state index in [1.165, 1.54) is 0 Å². The summed E-state index contributed by atoms with van der Waals surface area (Å²) in [4.78, 5) is 5.96. The van der Waals surface area contributed by atoms with Crippen LogP contribution in [-0.2, 0) is 6.42 Å². The van der Waals surface area contributed by atoms with E-state index in [9.17, 15) is 0 Å². The largest absolute Gasteiger partial charge is 0.497 e. The first-order valence-electron chi connectivity index (χ1n) is 7.73. The Balaban J connectivity index is 2.05. The molecular weight excluding hydrogens is 320 g/mol. The average molecular weight is 340 g/mol. The molecule has 0 unspecified atom stereocenters. The normalized spacial score (nSPS) is 10.6. The number of thiazole rings is 1. The molecule has 0 atom stereocenters. The number of aromatic nitrogens is 1. The van der Waals surface area contributed by atoms with Crippen LogP contribution in [0.1, 0.15) is 5.01 Å². The number of ether oxygens (including phenoxy) is 2. The van der Waals surface area contributed by atoms with Crippen LogP contribution in [0.4, 0.5) is 0 Å². The third-order valence-corrected chi connectivity index (χ3v) is 4.91. The fourth-order valence-electron chi connectivity index (χ4n) is 2.48. The van der Waals surface area contributed by atoms with E-state index in [2.05, 4.69) is 12.1 Å². The minimum Gasteiger partial charge on any atom is -0.497 e. The first-order valence-corrected chi connectivity index (χ1v) is 8.55. The predicted molar refractivity (Wildman–Crippen MR) is 98.8 cm³/mol. The SMILES string of the molecule is COc1ccc(-c2nc(CCN)sc2-c2ccc(OC)cc2)cc1. The molecule has 0 fully saturated rings. The van der Waals surface area contributed by atoms with Crippen molar-refractivity contribution >= 4 is 11.3 Å². The van der Waals surface area contributed by atoms with E-state index in [1.54, 1.807) is 25.6 Å². The van der Waals surface area contributed by atoms with Crippen molar-refractivity contribution in [3.63, 3.8) is 0 Å². The molecular formula is C19H20N2O2S. The van der Waals surface area contributed by atoms with Gasteiger partial charge in [0.2, 0.25) is 0 Å². The highest BCUT2D eigenvalue weighted by Gasteiger charge is 2.15. The zero-order valence-corrected chi connectivity index (χ0v) is 14.6. The Morgan fingerprint density at radius 3 is 1.92 bits per heavy atom. The van der Waals surface area contributed by atoms with Crippen LogP contribution in [0.2, 0.25) is 0 Å². The molecule has 2 N–H and O–H groups in total. The second-order valence-corrected chi connectivity index (χ2v) is 6.36. The van der Waals surface area contributed by atoms with Crippen molar-refractivity contribution in [1.82, 2.24) is 4.98 Å². The summed E-state index contributed by atoms with van der Waals surface area (Å²) in [5, 5.41) is 1.05. The number of hydrogen-bond acceptors (Lipinski definition) is 5. The quantitative estimate of drug-likeness (QED) is 0.737. The Kier molecular flexibility index (Phi) is 5.13. The second kappa shape index (κ2) is 7.47. The Bertz CT molecular complexity index is 730. The molecule has 1 heterocycles. The minimum absolute atomic E-state index is 0.595. The van der Waals surface area contributed by atoms with E-state index in [-0.39, 0.29) is 0 Å². The number of nitrogens with two attached hydrogens (primary N) is 1. The number of hydrogen-bond donors (Lipinski definition) is 1. The summed E-state index contributed by atoms with van der Waals surface area (Å²) in [7, 11) is 3.34. The van der Waals surface area contributed by atoms with Gasteiger partial charge in [-0.2, -0.15) is 0 Å². The zero-order valence-electron chi connectivity index (χ0n) is 13.8. The van der Waals surface area contributed by atoms with Crippen LogP contribution in [0.3, 0.4) is 0 Å². The van der Waals surface area contributed by atoms with E-state index >= 15 is 0 Å². The van der Waals surface area contributed by atoms with Crippen LogP contribution in [0.15, 0.2) is 48.5 Å². The zero-order chi connectivity index (χ0) is 16.9. The van der Waals surface area contributed by atoms with Gasteiger partial charge in [-0.15, -0.1) is 11.3 Å². The van der Waals surface area contributed by atoms with E-state index in [0.29, 0.717) is 6.54 Å². The molecule has 0 spiro atoms. The monoisotopic (exact) mass is 340 g/mol. The Morgan fingerprint density at radius 1 is 0.875 bits per heavy atom. The van der Waals surface area contributed by atoms with Crippen LogP contribution in [0.5, 0.6) is 11.5 Å². The lowest BCUT2D eigenvalue weighted by Crippen LogP contribution is -2.01. The summed E-state index contributed by atoms with van der Waals surface area (Å²) in [6, 6.07) is 16.0. The summed E-state index contributed by atoms with van der Waals surface area (Å²) < 4.78 is 10.5. The molecule has 0 aliphatic rings. The highest BCUT2D eigenvalue weighted by atomic mass is 32.1. The first-order chi connectivity index (χ1) is 11.7. The van der Waals surface area contributed by atoms with Crippen LogP contribution in [0, 0.1) is 0 Å². The van der Waals surface area contributed by atoms with Crippen molar-refractivity contribution in [2.75, 3.05) is 20.8 Å². The molecule has 0 saturated carbocycles. The van der Waals surface area contributed by atoms with Gasteiger partial charge in [-0.1, -0.05) is 0 Å². The predicted octanol–water partition coefficient (Wildman–Crippen LogP) is 4.00. The molecule has 1 aromatic heterocycles.